The zero-order valence-corrected chi connectivity index (χ0v) is 13.6. The summed E-state index contributed by atoms with van der Waals surface area (Å²) >= 11 is 3.05. The van der Waals surface area contributed by atoms with Gasteiger partial charge in [-0.05, 0) is 46.3 Å². The van der Waals surface area contributed by atoms with E-state index in [2.05, 4.69) is 21.2 Å². The number of rotatable bonds is 7. The number of carboxylic acid groups (broad SMARTS) is 1. The fraction of sp³-hybridized carbons (Fsp3) is 0.467. The molecular formula is C15H18BrFN2O2. The van der Waals surface area contributed by atoms with Crippen LogP contribution in [0.25, 0.3) is 0 Å². The number of carbonyl (C=O) groups is 1. The molecule has 0 saturated heterocycles. The quantitative estimate of drug-likeness (QED) is 0.773. The van der Waals surface area contributed by atoms with Crippen molar-refractivity contribution in [1.29, 1.82) is 5.26 Å². The maximum atomic E-state index is 14.0. The standard InChI is InChI=1S/C15H18BrFN2O2/c1-9(2)5-10(6-13(20)21)8-19-12-4-3-11(7-18)14(16)15(12)17/h3-4,9-10,19H,5-6,8H2,1-2H3,(H,20,21). The first kappa shape index (κ1) is 17.4. The molecule has 0 saturated carbocycles. The zero-order valence-electron chi connectivity index (χ0n) is 12.0. The monoisotopic (exact) mass is 356 g/mol. The SMILES string of the molecule is CC(C)CC(CNc1ccc(C#N)c(Br)c1F)CC(=O)O. The van der Waals surface area contributed by atoms with Crippen molar-refractivity contribution in [3.63, 3.8) is 0 Å². The predicted molar refractivity (Wildman–Crippen MR) is 82.5 cm³/mol. The summed E-state index contributed by atoms with van der Waals surface area (Å²) in [5, 5.41) is 20.7. The predicted octanol–water partition coefficient (Wildman–Crippen LogP) is 4.01. The van der Waals surface area contributed by atoms with E-state index in [1.54, 1.807) is 0 Å². The van der Waals surface area contributed by atoms with Crippen molar-refractivity contribution in [2.75, 3.05) is 11.9 Å². The first-order valence-corrected chi connectivity index (χ1v) is 7.48. The highest BCUT2D eigenvalue weighted by Crippen LogP contribution is 2.27. The number of benzene rings is 1. The van der Waals surface area contributed by atoms with Gasteiger partial charge in [-0.25, -0.2) is 4.39 Å². The molecule has 0 spiro atoms. The fourth-order valence-electron chi connectivity index (χ4n) is 2.18. The van der Waals surface area contributed by atoms with E-state index in [1.807, 2.05) is 19.9 Å². The molecule has 0 bridgehead atoms. The lowest BCUT2D eigenvalue weighted by molar-refractivity contribution is -0.138. The molecule has 0 radical (unpaired) electrons. The Labute approximate surface area is 132 Å². The second-order valence-electron chi connectivity index (χ2n) is 5.37. The van der Waals surface area contributed by atoms with Crippen molar-refractivity contribution in [2.45, 2.75) is 26.7 Å². The summed E-state index contributed by atoms with van der Waals surface area (Å²) in [6.07, 6.45) is 0.794. The largest absolute Gasteiger partial charge is 0.481 e. The molecular weight excluding hydrogens is 339 g/mol. The Morgan fingerprint density at radius 1 is 1.52 bits per heavy atom. The van der Waals surface area contributed by atoms with E-state index in [9.17, 15) is 9.18 Å². The number of nitriles is 1. The van der Waals surface area contributed by atoms with Crippen LogP contribution in [0, 0.1) is 29.0 Å². The molecule has 114 valence electrons. The van der Waals surface area contributed by atoms with Gasteiger partial charge in [0.25, 0.3) is 0 Å². The Balaban J connectivity index is 2.78. The second-order valence-corrected chi connectivity index (χ2v) is 6.17. The minimum absolute atomic E-state index is 0.0459. The van der Waals surface area contributed by atoms with E-state index in [4.69, 9.17) is 10.4 Å². The summed E-state index contributed by atoms with van der Waals surface area (Å²) in [4.78, 5) is 10.9. The zero-order chi connectivity index (χ0) is 16.0. The lowest BCUT2D eigenvalue weighted by atomic mass is 9.94. The molecule has 0 aliphatic carbocycles. The Hall–Kier alpha value is -1.61. The third kappa shape index (κ3) is 5.35. The molecule has 0 aliphatic heterocycles. The molecule has 1 aromatic rings. The Bertz CT molecular complexity index is 555. The van der Waals surface area contributed by atoms with Crippen molar-refractivity contribution in [1.82, 2.24) is 0 Å². The molecule has 1 unspecified atom stereocenters. The summed E-state index contributed by atoms with van der Waals surface area (Å²) in [6, 6.07) is 4.90. The van der Waals surface area contributed by atoms with Crippen LogP contribution in [0.3, 0.4) is 0 Å². The summed E-state index contributed by atoms with van der Waals surface area (Å²) in [6.45, 7) is 4.42. The van der Waals surface area contributed by atoms with Gasteiger partial charge >= 0.3 is 5.97 Å². The summed E-state index contributed by atoms with van der Waals surface area (Å²) in [5.41, 5.74) is 0.488. The molecule has 0 heterocycles. The first-order valence-electron chi connectivity index (χ1n) is 6.68. The second kappa shape index (κ2) is 7.99. The number of carboxylic acids is 1. The maximum absolute atomic E-state index is 14.0. The molecule has 1 rings (SSSR count). The maximum Gasteiger partial charge on any atom is 0.303 e. The molecule has 0 fully saturated rings. The third-order valence-corrected chi connectivity index (χ3v) is 3.83. The molecule has 1 atom stereocenters. The number of hydrogen-bond acceptors (Lipinski definition) is 3. The summed E-state index contributed by atoms with van der Waals surface area (Å²) in [7, 11) is 0. The average molecular weight is 357 g/mol. The molecule has 1 aromatic carbocycles. The van der Waals surface area contributed by atoms with Crippen molar-refractivity contribution in [3.05, 3.63) is 28.0 Å². The molecule has 21 heavy (non-hydrogen) atoms. The van der Waals surface area contributed by atoms with Gasteiger partial charge in [-0.3, -0.25) is 4.79 Å². The van der Waals surface area contributed by atoms with E-state index in [0.717, 1.165) is 6.42 Å². The molecule has 4 nitrogen and oxygen atoms in total. The number of aliphatic carboxylic acids is 1. The summed E-state index contributed by atoms with van der Waals surface area (Å²) in [5.74, 6) is -1.10. The van der Waals surface area contributed by atoms with Crippen LogP contribution in [0.4, 0.5) is 10.1 Å². The van der Waals surface area contributed by atoms with Crippen molar-refractivity contribution >= 4 is 27.6 Å². The minimum atomic E-state index is -0.857. The van der Waals surface area contributed by atoms with Gasteiger partial charge < -0.3 is 10.4 Å². The number of halogens is 2. The summed E-state index contributed by atoms with van der Waals surface area (Å²) < 4.78 is 14.2. The lowest BCUT2D eigenvalue weighted by Crippen LogP contribution is -2.20. The van der Waals surface area contributed by atoms with E-state index in [-0.39, 0.29) is 28.1 Å². The van der Waals surface area contributed by atoms with Gasteiger partial charge in [0.05, 0.1) is 15.7 Å². The highest BCUT2D eigenvalue weighted by atomic mass is 79.9. The van der Waals surface area contributed by atoms with Crippen molar-refractivity contribution in [3.8, 4) is 6.07 Å². The smallest absolute Gasteiger partial charge is 0.303 e. The van der Waals surface area contributed by atoms with E-state index < -0.39 is 11.8 Å². The topological polar surface area (TPSA) is 73.1 Å². The molecule has 0 aromatic heterocycles. The number of nitrogens with one attached hydrogen (secondary N) is 1. The normalized spacial score (nSPS) is 12.0. The van der Waals surface area contributed by atoms with Crippen LogP contribution in [0.1, 0.15) is 32.3 Å². The number of nitrogens with zero attached hydrogens (tertiary/aromatic N) is 1. The van der Waals surface area contributed by atoms with Crippen LogP contribution in [0.15, 0.2) is 16.6 Å². The van der Waals surface area contributed by atoms with Gasteiger partial charge in [-0.15, -0.1) is 0 Å². The van der Waals surface area contributed by atoms with Crippen LogP contribution < -0.4 is 5.32 Å². The Kier molecular flexibility index (Phi) is 6.63. The molecule has 2 N–H and O–H groups in total. The average Bonchev–Trinajstić information content (AvgIpc) is 2.39. The molecule has 0 amide bonds. The van der Waals surface area contributed by atoms with Gasteiger partial charge in [-0.2, -0.15) is 5.26 Å². The van der Waals surface area contributed by atoms with Crippen molar-refractivity contribution in [2.24, 2.45) is 11.8 Å². The van der Waals surface area contributed by atoms with E-state index in [1.165, 1.54) is 12.1 Å². The number of hydrogen-bond donors (Lipinski definition) is 2. The molecule has 0 aliphatic rings. The Morgan fingerprint density at radius 2 is 2.19 bits per heavy atom. The van der Waals surface area contributed by atoms with Crippen LogP contribution >= 0.6 is 15.9 Å². The van der Waals surface area contributed by atoms with Crippen molar-refractivity contribution < 1.29 is 14.3 Å². The van der Waals surface area contributed by atoms with Gasteiger partial charge in [-0.1, -0.05) is 13.8 Å². The molecule has 6 heteroatoms. The highest BCUT2D eigenvalue weighted by molar-refractivity contribution is 9.10. The Morgan fingerprint density at radius 3 is 2.71 bits per heavy atom. The first-order chi connectivity index (χ1) is 9.85. The van der Waals surface area contributed by atoms with Gasteiger partial charge in [0, 0.05) is 13.0 Å². The van der Waals surface area contributed by atoms with Gasteiger partial charge in [0.2, 0.25) is 0 Å². The lowest BCUT2D eigenvalue weighted by Gasteiger charge is -2.19. The van der Waals surface area contributed by atoms with Gasteiger partial charge in [0.1, 0.15) is 6.07 Å². The van der Waals surface area contributed by atoms with E-state index >= 15 is 0 Å². The van der Waals surface area contributed by atoms with Crippen LogP contribution in [-0.4, -0.2) is 17.6 Å². The third-order valence-electron chi connectivity index (χ3n) is 3.05. The van der Waals surface area contributed by atoms with E-state index in [0.29, 0.717) is 12.5 Å². The van der Waals surface area contributed by atoms with Crippen LogP contribution in [0.2, 0.25) is 0 Å². The van der Waals surface area contributed by atoms with Crippen LogP contribution in [-0.2, 0) is 4.79 Å². The van der Waals surface area contributed by atoms with Gasteiger partial charge in [0.15, 0.2) is 5.82 Å². The number of anilines is 1. The fourth-order valence-corrected chi connectivity index (χ4v) is 2.61. The van der Waals surface area contributed by atoms with Crippen LogP contribution in [0.5, 0.6) is 0 Å². The minimum Gasteiger partial charge on any atom is -0.481 e. The highest BCUT2D eigenvalue weighted by Gasteiger charge is 2.17.